The number of hydrogen-bond acceptors (Lipinski definition) is 17. The van der Waals surface area contributed by atoms with E-state index in [0.717, 1.165) is 18.4 Å². The number of nitrogens with zero attached hydrogens (tertiary/aromatic N) is 3. The van der Waals surface area contributed by atoms with E-state index < -0.39 is 71.5 Å². The Labute approximate surface area is 418 Å². The first-order valence-electron chi connectivity index (χ1n) is 22.5. The molecule has 0 fully saturated rings. The van der Waals surface area contributed by atoms with Crippen molar-refractivity contribution in [1.29, 1.82) is 0 Å². The number of amides is 5. The van der Waals surface area contributed by atoms with E-state index in [1.807, 2.05) is 19.1 Å². The van der Waals surface area contributed by atoms with Crippen LogP contribution in [0.5, 0.6) is 0 Å². The Morgan fingerprint density at radius 1 is 0.606 bits per heavy atom. The number of methoxy groups -OCH3 is 5. The van der Waals surface area contributed by atoms with Crippen LogP contribution in [0.15, 0.2) is 61.6 Å². The zero-order chi connectivity index (χ0) is 55.2. The summed E-state index contributed by atoms with van der Waals surface area (Å²) in [7, 11) is 6.46. The van der Waals surface area contributed by atoms with Gasteiger partial charge in [-0.1, -0.05) is 29.9 Å². The number of nitrogens with one attached hydrogen (secondary N) is 2. The lowest BCUT2D eigenvalue weighted by Gasteiger charge is -2.31. The second-order valence-corrected chi connectivity index (χ2v) is 17.5. The van der Waals surface area contributed by atoms with Crippen LogP contribution in [0.2, 0.25) is 0 Å². The van der Waals surface area contributed by atoms with Crippen LogP contribution in [-0.4, -0.2) is 151 Å². The zero-order valence-corrected chi connectivity index (χ0v) is 44.1. The summed E-state index contributed by atoms with van der Waals surface area (Å²) >= 11 is 0. The smallest absolute Gasteiger partial charge is 0.414 e. The maximum atomic E-state index is 11.9. The van der Waals surface area contributed by atoms with E-state index in [9.17, 15) is 47.9 Å². The number of alkyl carbamates (subject to hydrolysis) is 1. The van der Waals surface area contributed by atoms with Crippen molar-refractivity contribution in [3.8, 4) is 0 Å². The third-order valence-corrected chi connectivity index (χ3v) is 9.20. The second kappa shape index (κ2) is 33.5. The standard InChI is InChI=1S/C12H19NO4.C11H19NO4.2C9H13NO3.C8H13NO3/c1-12(2,3)17-10(14)9-7-5-6-8-13(9)11(15)16-4;1-6-7-8(12-10(14)15-5)9(13)16-11(2,3)4;1-6-4-8(9(12)13-3)10(5-6)7(2)11;1-7(11)10-6-4-3-5-8(10)9(12)13-2;1-4-5-7(8(11)12-3)9-6(2)10/h6,8-9H,5,7H2,1-4H3;6,8H,1,7H2,2-5H3,(H,12,14);5,8H,4H2,1-3H3;4,6,8H,3,5H2,1-2H3;4,7H,1,5H2,2-3H3,(H,9,10)/t9-;3*8-;7-/m00000/s1. The minimum absolute atomic E-state index is 0.132. The van der Waals surface area contributed by atoms with Gasteiger partial charge < -0.3 is 53.6 Å². The van der Waals surface area contributed by atoms with Gasteiger partial charge in [0.1, 0.15) is 41.4 Å². The molecule has 3 rings (SSSR count). The molecular weight excluding hydrogens is 931 g/mol. The van der Waals surface area contributed by atoms with E-state index in [2.05, 4.69) is 47.5 Å². The molecule has 3 aliphatic heterocycles. The van der Waals surface area contributed by atoms with Crippen LogP contribution >= 0.6 is 0 Å². The highest BCUT2D eigenvalue weighted by Gasteiger charge is 2.35. The minimum atomic E-state index is -0.760. The first kappa shape index (κ1) is 66.1. The summed E-state index contributed by atoms with van der Waals surface area (Å²) in [5.74, 6) is -2.58. The third-order valence-electron chi connectivity index (χ3n) is 9.20. The number of hydrogen-bond donors (Lipinski definition) is 2. The fourth-order valence-corrected chi connectivity index (χ4v) is 6.11. The molecule has 22 nitrogen and oxygen atoms in total. The number of carbonyl (C=O) groups is 10. The average molecular weight is 1010 g/mol. The molecule has 5 atom stereocenters. The lowest BCUT2D eigenvalue weighted by atomic mass is 10.1. The Balaban J connectivity index is 0. The van der Waals surface area contributed by atoms with Crippen LogP contribution in [0.4, 0.5) is 9.59 Å². The van der Waals surface area contributed by atoms with E-state index >= 15 is 0 Å². The Hall–Kier alpha value is -7.00. The molecule has 0 saturated carbocycles. The summed E-state index contributed by atoms with van der Waals surface area (Å²) in [6, 6.07) is -2.85. The van der Waals surface area contributed by atoms with E-state index in [4.69, 9.17) is 9.47 Å². The van der Waals surface area contributed by atoms with Crippen molar-refractivity contribution >= 4 is 59.8 Å². The molecule has 0 radical (unpaired) electrons. The molecule has 0 bridgehead atoms. The molecular formula is C49H77N5O17. The van der Waals surface area contributed by atoms with Gasteiger partial charge in [-0.25, -0.2) is 33.6 Å². The van der Waals surface area contributed by atoms with Crippen molar-refractivity contribution in [2.75, 3.05) is 35.5 Å². The summed E-state index contributed by atoms with van der Waals surface area (Å²) in [4.78, 5) is 116. The highest BCUT2D eigenvalue weighted by atomic mass is 16.6. The highest BCUT2D eigenvalue weighted by Crippen LogP contribution is 2.23. The van der Waals surface area contributed by atoms with Crippen molar-refractivity contribution < 1.29 is 81.1 Å². The van der Waals surface area contributed by atoms with Gasteiger partial charge >= 0.3 is 42.0 Å². The molecule has 3 heterocycles. The van der Waals surface area contributed by atoms with E-state index in [0.29, 0.717) is 32.1 Å². The molecule has 71 heavy (non-hydrogen) atoms. The average Bonchev–Trinajstić information content (AvgIpc) is 3.71. The Bertz CT molecular complexity index is 1920. The van der Waals surface area contributed by atoms with Gasteiger partial charge in [0.2, 0.25) is 17.7 Å². The Morgan fingerprint density at radius 2 is 1.06 bits per heavy atom. The van der Waals surface area contributed by atoms with Gasteiger partial charge in [-0.3, -0.25) is 19.3 Å². The summed E-state index contributed by atoms with van der Waals surface area (Å²) < 4.78 is 33.1. The number of carbonyl (C=O) groups excluding carboxylic acids is 10. The first-order chi connectivity index (χ1) is 33.0. The number of allylic oxidation sites excluding steroid dienone is 2. The van der Waals surface area contributed by atoms with Crippen molar-refractivity contribution in [2.24, 2.45) is 0 Å². The maximum Gasteiger partial charge on any atom is 0.414 e. The summed E-state index contributed by atoms with van der Waals surface area (Å²) in [6.07, 6.45) is 14.5. The molecule has 0 aromatic heterocycles. The van der Waals surface area contributed by atoms with Gasteiger partial charge in [0.15, 0.2) is 0 Å². The predicted octanol–water partition coefficient (Wildman–Crippen LogP) is 5.31. The largest absolute Gasteiger partial charge is 0.467 e. The monoisotopic (exact) mass is 1010 g/mol. The molecule has 0 aromatic rings. The lowest BCUT2D eigenvalue weighted by Crippen LogP contribution is -2.45. The van der Waals surface area contributed by atoms with Crippen LogP contribution in [0.25, 0.3) is 0 Å². The molecule has 3 aliphatic rings. The summed E-state index contributed by atoms with van der Waals surface area (Å²) in [5, 5.41) is 4.83. The van der Waals surface area contributed by atoms with Crippen LogP contribution < -0.4 is 10.6 Å². The zero-order valence-electron chi connectivity index (χ0n) is 44.1. The maximum absolute atomic E-state index is 11.9. The van der Waals surface area contributed by atoms with Gasteiger partial charge in [0.25, 0.3) is 0 Å². The fourth-order valence-electron chi connectivity index (χ4n) is 6.11. The molecule has 0 aliphatic carbocycles. The molecule has 400 valence electrons. The minimum Gasteiger partial charge on any atom is -0.467 e. The van der Waals surface area contributed by atoms with Crippen molar-refractivity contribution in [1.82, 2.24) is 25.3 Å². The molecule has 0 saturated heterocycles. The van der Waals surface area contributed by atoms with E-state index in [1.165, 1.54) is 77.1 Å². The topological polar surface area (TPSA) is 269 Å². The van der Waals surface area contributed by atoms with Gasteiger partial charge in [-0.15, -0.1) is 13.2 Å². The SMILES string of the molecule is C=CC[C@H](NC(=O)OC)C(=O)OC(C)(C)C.C=CC[C@H](NC(C)=O)C(=O)OC.COC(=O)N1C=CCC[C@H]1C(=O)OC(C)(C)C.COC(=O)[C@@H]1CC(C)=CN1C(C)=O.COC(=O)[C@@H]1CCC=CN1C(C)=O. The second-order valence-electron chi connectivity index (χ2n) is 17.5. The third kappa shape index (κ3) is 27.1. The van der Waals surface area contributed by atoms with Crippen molar-refractivity contribution in [2.45, 2.75) is 156 Å². The summed E-state index contributed by atoms with van der Waals surface area (Å²) in [6.45, 7) is 23.8. The normalized spacial score (nSPS) is 17.4. The van der Waals surface area contributed by atoms with Gasteiger partial charge in [-0.2, -0.15) is 0 Å². The van der Waals surface area contributed by atoms with Gasteiger partial charge in [0, 0.05) is 45.8 Å². The van der Waals surface area contributed by atoms with Gasteiger partial charge in [0.05, 0.1) is 35.5 Å². The van der Waals surface area contributed by atoms with Gasteiger partial charge in [-0.05, 0) is 87.0 Å². The predicted molar refractivity (Wildman–Crippen MR) is 260 cm³/mol. The van der Waals surface area contributed by atoms with Crippen LogP contribution in [0.1, 0.15) is 114 Å². The molecule has 0 unspecified atom stereocenters. The molecule has 5 amide bonds. The number of esters is 5. The first-order valence-corrected chi connectivity index (χ1v) is 22.5. The van der Waals surface area contributed by atoms with Crippen LogP contribution in [0, 0.1) is 0 Å². The van der Waals surface area contributed by atoms with Crippen molar-refractivity contribution in [3.63, 3.8) is 0 Å². The molecule has 0 aromatic carbocycles. The van der Waals surface area contributed by atoms with Crippen LogP contribution in [0.3, 0.4) is 0 Å². The van der Waals surface area contributed by atoms with E-state index in [-0.39, 0.29) is 29.7 Å². The summed E-state index contributed by atoms with van der Waals surface area (Å²) in [5.41, 5.74) is -0.125. The quantitative estimate of drug-likeness (QED) is 0.151. The molecule has 2 N–H and O–H groups in total. The Morgan fingerprint density at radius 3 is 1.45 bits per heavy atom. The fraction of sp³-hybridized carbons (Fsp3) is 0.592. The number of rotatable bonds is 11. The highest BCUT2D eigenvalue weighted by molar-refractivity contribution is 5.86. The Kier molecular flexibility index (Phi) is 31.2. The molecule has 0 spiro atoms. The number of ether oxygens (including phenoxy) is 7. The lowest BCUT2D eigenvalue weighted by molar-refractivity contribution is -0.160. The molecule has 22 heteroatoms. The van der Waals surface area contributed by atoms with Crippen LogP contribution in [-0.2, 0) is 71.5 Å². The van der Waals surface area contributed by atoms with Crippen molar-refractivity contribution in [3.05, 3.63) is 61.6 Å². The van der Waals surface area contributed by atoms with E-state index in [1.54, 1.807) is 66.2 Å².